The van der Waals surface area contributed by atoms with E-state index in [2.05, 4.69) is 0 Å². The number of likely N-dealkylation sites (tertiary alicyclic amines) is 1. The van der Waals surface area contributed by atoms with Crippen molar-refractivity contribution in [2.45, 2.75) is 6.42 Å². The van der Waals surface area contributed by atoms with E-state index in [0.29, 0.717) is 17.3 Å². The molecule has 4 rings (SSSR count). The lowest BCUT2D eigenvalue weighted by atomic mass is 10.1. The van der Waals surface area contributed by atoms with Crippen LogP contribution >= 0.6 is 11.3 Å². The van der Waals surface area contributed by atoms with Gasteiger partial charge in [0.2, 0.25) is 0 Å². The van der Waals surface area contributed by atoms with Crippen LogP contribution in [-0.2, 0) is 0 Å². The molecule has 114 valence electrons. The van der Waals surface area contributed by atoms with E-state index < -0.39 is 0 Å². The van der Waals surface area contributed by atoms with Gasteiger partial charge in [-0.05, 0) is 48.7 Å². The van der Waals surface area contributed by atoms with Gasteiger partial charge in [-0.3, -0.25) is 4.79 Å². The predicted octanol–water partition coefficient (Wildman–Crippen LogP) is 2.98. The van der Waals surface area contributed by atoms with Gasteiger partial charge >= 0.3 is 0 Å². The van der Waals surface area contributed by atoms with E-state index in [1.807, 2.05) is 23.1 Å². The first-order chi connectivity index (χ1) is 10.6. The van der Waals surface area contributed by atoms with Crippen LogP contribution in [0.1, 0.15) is 16.1 Å². The molecular formula is C17H17FN2OS. The molecule has 2 aromatic rings. The predicted molar refractivity (Wildman–Crippen MR) is 85.2 cm³/mol. The number of rotatable bonds is 3. The number of fused-ring (bicyclic) bond motifs is 1. The van der Waals surface area contributed by atoms with Crippen molar-refractivity contribution in [3.05, 3.63) is 47.1 Å². The number of benzene rings is 1. The summed E-state index contributed by atoms with van der Waals surface area (Å²) in [6.07, 6.45) is 1.16. The highest BCUT2D eigenvalue weighted by atomic mass is 32.1. The summed E-state index contributed by atoms with van der Waals surface area (Å²) in [7, 11) is 0. The third-order valence-electron chi connectivity index (χ3n) is 4.93. The van der Waals surface area contributed by atoms with Gasteiger partial charge in [-0.1, -0.05) is 12.1 Å². The molecule has 1 aliphatic carbocycles. The van der Waals surface area contributed by atoms with Crippen molar-refractivity contribution < 1.29 is 9.18 Å². The zero-order chi connectivity index (χ0) is 15.3. The lowest BCUT2D eigenvalue weighted by Gasteiger charge is -2.19. The number of piperidine rings is 1. The van der Waals surface area contributed by atoms with E-state index in [0.717, 1.165) is 30.0 Å². The SMILES string of the molecule is NC[C@]12C[C@H]1CN(C(=O)c1ccc(-c3cccc(F)c3)s1)C2. The highest BCUT2D eigenvalue weighted by Gasteiger charge is 2.59. The molecule has 1 saturated heterocycles. The molecule has 0 unspecified atom stereocenters. The Morgan fingerprint density at radius 2 is 2.27 bits per heavy atom. The van der Waals surface area contributed by atoms with Crippen molar-refractivity contribution in [2.24, 2.45) is 17.1 Å². The lowest BCUT2D eigenvalue weighted by molar-refractivity contribution is 0.0770. The molecular weight excluding hydrogens is 299 g/mol. The van der Waals surface area contributed by atoms with E-state index in [4.69, 9.17) is 5.73 Å². The lowest BCUT2D eigenvalue weighted by Crippen LogP contribution is -2.33. The number of thiophene rings is 1. The Kier molecular flexibility index (Phi) is 3.09. The minimum absolute atomic E-state index is 0.0766. The molecule has 3 nitrogen and oxygen atoms in total. The van der Waals surface area contributed by atoms with E-state index in [-0.39, 0.29) is 17.1 Å². The van der Waals surface area contributed by atoms with Gasteiger partial charge in [0.15, 0.2) is 0 Å². The number of hydrogen-bond donors (Lipinski definition) is 1. The van der Waals surface area contributed by atoms with E-state index in [9.17, 15) is 9.18 Å². The van der Waals surface area contributed by atoms with Crippen molar-refractivity contribution in [2.75, 3.05) is 19.6 Å². The van der Waals surface area contributed by atoms with Gasteiger partial charge in [0.1, 0.15) is 5.82 Å². The van der Waals surface area contributed by atoms with E-state index >= 15 is 0 Å². The highest BCUT2D eigenvalue weighted by molar-refractivity contribution is 7.17. The molecule has 1 saturated carbocycles. The number of nitrogens with two attached hydrogens (primary N) is 1. The van der Waals surface area contributed by atoms with Crippen LogP contribution in [0, 0.1) is 17.2 Å². The van der Waals surface area contributed by atoms with Crippen LogP contribution in [-0.4, -0.2) is 30.4 Å². The second-order valence-corrected chi connectivity index (χ2v) is 7.41. The first kappa shape index (κ1) is 13.9. The van der Waals surface area contributed by atoms with Gasteiger partial charge in [-0.2, -0.15) is 0 Å². The summed E-state index contributed by atoms with van der Waals surface area (Å²) < 4.78 is 13.3. The quantitative estimate of drug-likeness (QED) is 0.946. The van der Waals surface area contributed by atoms with Crippen LogP contribution in [0.2, 0.25) is 0 Å². The monoisotopic (exact) mass is 316 g/mol. The molecule has 1 aromatic carbocycles. The Labute approximate surface area is 132 Å². The first-order valence-electron chi connectivity index (χ1n) is 7.46. The van der Waals surface area contributed by atoms with Crippen LogP contribution in [0.15, 0.2) is 36.4 Å². The number of carbonyl (C=O) groups excluding carboxylic acids is 1. The highest BCUT2D eigenvalue weighted by Crippen LogP contribution is 2.57. The Hall–Kier alpha value is -1.72. The molecule has 1 aliphatic heterocycles. The molecule has 2 atom stereocenters. The minimum Gasteiger partial charge on any atom is -0.337 e. The van der Waals surface area contributed by atoms with Crippen molar-refractivity contribution >= 4 is 17.2 Å². The van der Waals surface area contributed by atoms with Gasteiger partial charge < -0.3 is 10.6 Å². The summed E-state index contributed by atoms with van der Waals surface area (Å²) in [6.45, 7) is 2.27. The van der Waals surface area contributed by atoms with Gasteiger partial charge in [0, 0.05) is 23.4 Å². The maximum atomic E-state index is 13.3. The molecule has 1 amide bonds. The zero-order valence-corrected chi connectivity index (χ0v) is 12.9. The average molecular weight is 316 g/mol. The summed E-state index contributed by atoms with van der Waals surface area (Å²) in [6, 6.07) is 10.2. The Morgan fingerprint density at radius 3 is 3.00 bits per heavy atom. The molecule has 0 bridgehead atoms. The normalized spacial score (nSPS) is 26.1. The van der Waals surface area contributed by atoms with Gasteiger partial charge in [-0.15, -0.1) is 11.3 Å². The Morgan fingerprint density at radius 1 is 1.41 bits per heavy atom. The second kappa shape index (κ2) is 4.89. The zero-order valence-electron chi connectivity index (χ0n) is 12.1. The van der Waals surface area contributed by atoms with Crippen LogP contribution in [0.4, 0.5) is 4.39 Å². The molecule has 22 heavy (non-hydrogen) atoms. The molecule has 1 aromatic heterocycles. The van der Waals surface area contributed by atoms with Crippen LogP contribution < -0.4 is 5.73 Å². The summed E-state index contributed by atoms with van der Waals surface area (Å²) in [4.78, 5) is 16.2. The minimum atomic E-state index is -0.261. The Balaban J connectivity index is 1.53. The second-order valence-electron chi connectivity index (χ2n) is 6.33. The Bertz CT molecular complexity index is 740. The number of nitrogens with zero attached hydrogens (tertiary/aromatic N) is 1. The fourth-order valence-corrected chi connectivity index (χ4v) is 4.44. The molecule has 2 fully saturated rings. The number of amides is 1. The van der Waals surface area contributed by atoms with Gasteiger partial charge in [0.05, 0.1) is 4.88 Å². The van der Waals surface area contributed by atoms with Crippen LogP contribution in [0.3, 0.4) is 0 Å². The number of halogens is 1. The standard InChI is InChI=1S/C17H17FN2OS/c18-13-3-1-2-11(6-13)14-4-5-15(22-14)16(21)20-8-12-7-17(12,9-19)10-20/h1-6,12H,7-10,19H2/t12-,17-/m0/s1. The first-order valence-corrected chi connectivity index (χ1v) is 8.28. The molecule has 2 heterocycles. The smallest absolute Gasteiger partial charge is 0.263 e. The topological polar surface area (TPSA) is 46.3 Å². The average Bonchev–Trinajstić information content (AvgIpc) is 2.92. The fourth-order valence-electron chi connectivity index (χ4n) is 3.47. The number of hydrogen-bond acceptors (Lipinski definition) is 3. The van der Waals surface area contributed by atoms with Crippen molar-refractivity contribution in [1.82, 2.24) is 4.90 Å². The maximum absolute atomic E-state index is 13.3. The summed E-state index contributed by atoms with van der Waals surface area (Å²) in [5.74, 6) is 0.403. The van der Waals surface area contributed by atoms with E-state index in [1.165, 1.54) is 23.5 Å². The molecule has 0 radical (unpaired) electrons. The summed E-state index contributed by atoms with van der Waals surface area (Å²) in [5, 5.41) is 0. The van der Waals surface area contributed by atoms with Crippen LogP contribution in [0.25, 0.3) is 10.4 Å². The molecule has 0 spiro atoms. The summed E-state index contributed by atoms with van der Waals surface area (Å²) in [5.41, 5.74) is 6.84. The molecule has 2 N–H and O–H groups in total. The van der Waals surface area contributed by atoms with Crippen molar-refractivity contribution in [3.63, 3.8) is 0 Å². The van der Waals surface area contributed by atoms with Gasteiger partial charge in [0.25, 0.3) is 5.91 Å². The van der Waals surface area contributed by atoms with Crippen molar-refractivity contribution in [3.8, 4) is 10.4 Å². The molecule has 2 aliphatic rings. The van der Waals surface area contributed by atoms with Crippen LogP contribution in [0.5, 0.6) is 0 Å². The fraction of sp³-hybridized carbons (Fsp3) is 0.353. The largest absolute Gasteiger partial charge is 0.337 e. The van der Waals surface area contributed by atoms with E-state index in [1.54, 1.807) is 6.07 Å². The third kappa shape index (κ3) is 2.16. The van der Waals surface area contributed by atoms with Gasteiger partial charge in [-0.25, -0.2) is 4.39 Å². The molecule has 5 heteroatoms. The third-order valence-corrected chi connectivity index (χ3v) is 6.05. The van der Waals surface area contributed by atoms with Crippen molar-refractivity contribution in [1.29, 1.82) is 0 Å². The number of carbonyl (C=O) groups is 1. The maximum Gasteiger partial charge on any atom is 0.263 e. The summed E-state index contributed by atoms with van der Waals surface area (Å²) >= 11 is 1.42.